The second-order valence-corrected chi connectivity index (χ2v) is 5.75. The van der Waals surface area contributed by atoms with Gasteiger partial charge in [0.15, 0.2) is 5.69 Å². The van der Waals surface area contributed by atoms with Crippen LogP contribution in [-0.4, -0.2) is 19.7 Å². The topological polar surface area (TPSA) is 55.6 Å². The van der Waals surface area contributed by atoms with Crippen molar-refractivity contribution in [2.75, 3.05) is 5.32 Å². The summed E-state index contributed by atoms with van der Waals surface area (Å²) in [7, 11) is 0. The SMILES string of the molecule is CCn1ncc(CNc2nc(-c3ccccc3)cc(C(F)(F)F)n2)c1C. The highest BCUT2D eigenvalue weighted by Crippen LogP contribution is 2.31. The Bertz CT molecular complexity index is 888. The molecule has 0 radical (unpaired) electrons. The lowest BCUT2D eigenvalue weighted by molar-refractivity contribution is -0.141. The fourth-order valence-corrected chi connectivity index (χ4v) is 2.58. The van der Waals surface area contributed by atoms with Crippen LogP contribution in [0.2, 0.25) is 0 Å². The van der Waals surface area contributed by atoms with Gasteiger partial charge in [-0.05, 0) is 19.9 Å². The summed E-state index contributed by atoms with van der Waals surface area (Å²) in [6.45, 7) is 4.90. The molecule has 26 heavy (non-hydrogen) atoms. The minimum Gasteiger partial charge on any atom is -0.350 e. The summed E-state index contributed by atoms with van der Waals surface area (Å²) in [5.41, 5.74) is 1.68. The molecule has 0 atom stereocenters. The molecule has 0 unspecified atom stereocenters. The van der Waals surface area contributed by atoms with Crippen molar-refractivity contribution in [1.29, 1.82) is 0 Å². The normalized spacial score (nSPS) is 11.6. The van der Waals surface area contributed by atoms with Gasteiger partial charge < -0.3 is 5.32 Å². The zero-order valence-corrected chi connectivity index (χ0v) is 14.4. The Hall–Kier alpha value is -2.90. The summed E-state index contributed by atoms with van der Waals surface area (Å²) in [4.78, 5) is 7.87. The van der Waals surface area contributed by atoms with Crippen LogP contribution >= 0.6 is 0 Å². The molecule has 136 valence electrons. The van der Waals surface area contributed by atoms with E-state index in [0.717, 1.165) is 23.9 Å². The molecular formula is C18H18F3N5. The molecule has 2 aromatic heterocycles. The average molecular weight is 361 g/mol. The lowest BCUT2D eigenvalue weighted by Gasteiger charge is -2.12. The van der Waals surface area contributed by atoms with Gasteiger partial charge in [0.25, 0.3) is 0 Å². The van der Waals surface area contributed by atoms with E-state index in [1.165, 1.54) is 0 Å². The minimum absolute atomic E-state index is 0.0673. The monoisotopic (exact) mass is 361 g/mol. The fourth-order valence-electron chi connectivity index (χ4n) is 2.58. The summed E-state index contributed by atoms with van der Waals surface area (Å²) >= 11 is 0. The van der Waals surface area contributed by atoms with Gasteiger partial charge in [0.2, 0.25) is 5.95 Å². The molecule has 0 aliphatic heterocycles. The van der Waals surface area contributed by atoms with E-state index < -0.39 is 11.9 Å². The van der Waals surface area contributed by atoms with E-state index in [2.05, 4.69) is 20.4 Å². The first kappa shape index (κ1) is 17.9. The van der Waals surface area contributed by atoms with Gasteiger partial charge in [-0.3, -0.25) is 4.68 Å². The zero-order valence-electron chi connectivity index (χ0n) is 14.4. The zero-order chi connectivity index (χ0) is 18.7. The number of aryl methyl sites for hydroxylation is 1. The molecule has 8 heteroatoms. The van der Waals surface area contributed by atoms with Crippen molar-refractivity contribution in [2.45, 2.75) is 33.1 Å². The van der Waals surface area contributed by atoms with Gasteiger partial charge in [-0.1, -0.05) is 30.3 Å². The number of halogens is 3. The number of alkyl halides is 3. The number of nitrogens with one attached hydrogen (secondary N) is 1. The predicted octanol–water partition coefficient (Wildman–Crippen LogP) is 4.30. The van der Waals surface area contributed by atoms with Crippen LogP contribution in [-0.2, 0) is 19.3 Å². The van der Waals surface area contributed by atoms with Gasteiger partial charge in [0.1, 0.15) is 0 Å². The number of benzene rings is 1. The number of aromatic nitrogens is 4. The highest BCUT2D eigenvalue weighted by Gasteiger charge is 2.33. The van der Waals surface area contributed by atoms with E-state index in [9.17, 15) is 13.2 Å². The van der Waals surface area contributed by atoms with Crippen LogP contribution < -0.4 is 5.32 Å². The van der Waals surface area contributed by atoms with Gasteiger partial charge in [0.05, 0.1) is 11.9 Å². The van der Waals surface area contributed by atoms with Gasteiger partial charge in [0, 0.05) is 29.9 Å². The Labute approximate surface area is 148 Å². The minimum atomic E-state index is -4.55. The molecule has 0 saturated heterocycles. The maximum absolute atomic E-state index is 13.2. The Morgan fingerprint density at radius 1 is 1.12 bits per heavy atom. The Kier molecular flexibility index (Phi) is 4.92. The molecule has 0 amide bonds. The van der Waals surface area contributed by atoms with Crippen molar-refractivity contribution < 1.29 is 13.2 Å². The van der Waals surface area contributed by atoms with Gasteiger partial charge >= 0.3 is 6.18 Å². The van der Waals surface area contributed by atoms with Crippen LogP contribution in [0.25, 0.3) is 11.3 Å². The summed E-state index contributed by atoms with van der Waals surface area (Å²) in [5, 5.41) is 7.11. The molecule has 1 aromatic carbocycles. The van der Waals surface area contributed by atoms with Crippen molar-refractivity contribution in [1.82, 2.24) is 19.7 Å². The average Bonchev–Trinajstić information content (AvgIpc) is 2.99. The molecule has 0 fully saturated rings. The molecule has 0 saturated carbocycles. The fraction of sp³-hybridized carbons (Fsp3) is 0.278. The van der Waals surface area contributed by atoms with E-state index in [4.69, 9.17) is 0 Å². The molecule has 0 aliphatic rings. The quantitative estimate of drug-likeness (QED) is 0.736. The molecule has 0 spiro atoms. The van der Waals surface area contributed by atoms with Crippen LogP contribution in [0.4, 0.5) is 19.1 Å². The van der Waals surface area contributed by atoms with E-state index >= 15 is 0 Å². The molecule has 0 aliphatic carbocycles. The number of hydrogen-bond donors (Lipinski definition) is 1. The molecular weight excluding hydrogens is 343 g/mol. The molecule has 3 rings (SSSR count). The third-order valence-electron chi connectivity index (χ3n) is 4.03. The van der Waals surface area contributed by atoms with Crippen LogP contribution in [0.5, 0.6) is 0 Å². The van der Waals surface area contributed by atoms with Gasteiger partial charge in [-0.2, -0.15) is 18.3 Å². The van der Waals surface area contributed by atoms with E-state index in [-0.39, 0.29) is 11.6 Å². The van der Waals surface area contributed by atoms with Gasteiger partial charge in [-0.15, -0.1) is 0 Å². The number of rotatable bonds is 5. The molecule has 2 heterocycles. The standard InChI is InChI=1S/C18H18F3N5/c1-3-26-12(2)14(11-23-26)10-22-17-24-15(13-7-5-4-6-8-13)9-16(25-17)18(19,20)21/h4-9,11H,3,10H2,1-2H3,(H,22,24,25). The predicted molar refractivity (Wildman–Crippen MR) is 92.4 cm³/mol. The third-order valence-corrected chi connectivity index (χ3v) is 4.03. The first-order chi connectivity index (χ1) is 12.4. The molecule has 3 aromatic rings. The Morgan fingerprint density at radius 2 is 1.85 bits per heavy atom. The lowest BCUT2D eigenvalue weighted by Crippen LogP contribution is -2.13. The Morgan fingerprint density at radius 3 is 2.46 bits per heavy atom. The second-order valence-electron chi connectivity index (χ2n) is 5.75. The Balaban J connectivity index is 1.91. The summed E-state index contributed by atoms with van der Waals surface area (Å²) < 4.78 is 41.4. The largest absolute Gasteiger partial charge is 0.433 e. The number of nitrogens with zero attached hydrogens (tertiary/aromatic N) is 4. The number of anilines is 1. The second kappa shape index (κ2) is 7.15. The first-order valence-corrected chi connectivity index (χ1v) is 8.15. The van der Waals surface area contributed by atoms with E-state index in [0.29, 0.717) is 12.1 Å². The van der Waals surface area contributed by atoms with Crippen LogP contribution in [0.15, 0.2) is 42.6 Å². The van der Waals surface area contributed by atoms with Crippen LogP contribution in [0, 0.1) is 6.92 Å². The molecule has 1 N–H and O–H groups in total. The van der Waals surface area contributed by atoms with Crippen molar-refractivity contribution in [3.63, 3.8) is 0 Å². The molecule has 0 bridgehead atoms. The maximum Gasteiger partial charge on any atom is 0.433 e. The first-order valence-electron chi connectivity index (χ1n) is 8.15. The lowest BCUT2D eigenvalue weighted by atomic mass is 10.1. The van der Waals surface area contributed by atoms with Crippen LogP contribution in [0.1, 0.15) is 23.9 Å². The van der Waals surface area contributed by atoms with E-state index in [1.54, 1.807) is 36.5 Å². The van der Waals surface area contributed by atoms with Gasteiger partial charge in [-0.25, -0.2) is 9.97 Å². The smallest absolute Gasteiger partial charge is 0.350 e. The van der Waals surface area contributed by atoms with Crippen molar-refractivity contribution in [3.05, 3.63) is 59.5 Å². The number of hydrogen-bond acceptors (Lipinski definition) is 4. The highest BCUT2D eigenvalue weighted by atomic mass is 19.4. The van der Waals surface area contributed by atoms with Crippen LogP contribution in [0.3, 0.4) is 0 Å². The van der Waals surface area contributed by atoms with Crippen molar-refractivity contribution in [3.8, 4) is 11.3 Å². The maximum atomic E-state index is 13.2. The van der Waals surface area contributed by atoms with Crippen molar-refractivity contribution in [2.24, 2.45) is 0 Å². The van der Waals surface area contributed by atoms with E-state index in [1.807, 2.05) is 18.5 Å². The highest BCUT2D eigenvalue weighted by molar-refractivity contribution is 5.60. The third kappa shape index (κ3) is 3.84. The molecule has 5 nitrogen and oxygen atoms in total. The van der Waals surface area contributed by atoms with Crippen molar-refractivity contribution >= 4 is 5.95 Å². The summed E-state index contributed by atoms with van der Waals surface area (Å²) in [6, 6.07) is 9.67. The summed E-state index contributed by atoms with van der Waals surface area (Å²) in [5.74, 6) is -0.0673. The summed E-state index contributed by atoms with van der Waals surface area (Å²) in [6.07, 6.45) is -2.86.